The van der Waals surface area contributed by atoms with E-state index in [4.69, 9.17) is 0 Å². The number of nitrogens with one attached hydrogen (secondary N) is 1. The highest BCUT2D eigenvalue weighted by Gasteiger charge is 2.51. The van der Waals surface area contributed by atoms with Crippen LogP contribution in [0.4, 0.5) is 0 Å². The van der Waals surface area contributed by atoms with Crippen molar-refractivity contribution in [2.24, 2.45) is 5.41 Å². The van der Waals surface area contributed by atoms with Crippen LogP contribution in [-0.2, 0) is 4.79 Å². The lowest BCUT2D eigenvalue weighted by Crippen LogP contribution is -2.49. The molecule has 3 nitrogen and oxygen atoms in total. The van der Waals surface area contributed by atoms with E-state index in [0.717, 1.165) is 13.1 Å². The van der Waals surface area contributed by atoms with Crippen LogP contribution in [0.5, 0.6) is 0 Å². The van der Waals surface area contributed by atoms with E-state index < -0.39 is 0 Å². The van der Waals surface area contributed by atoms with Gasteiger partial charge in [-0.3, -0.25) is 4.79 Å². The molecule has 1 N–H and O–H groups in total. The summed E-state index contributed by atoms with van der Waals surface area (Å²) in [4.78, 5) is 13.5. The molecule has 1 atom stereocenters. The normalized spacial score (nSPS) is 33.7. The van der Waals surface area contributed by atoms with Gasteiger partial charge in [-0.25, -0.2) is 0 Å². The number of amides is 1. The molecule has 1 amide bonds. The summed E-state index contributed by atoms with van der Waals surface area (Å²) in [5.74, 6) is 0.275. The van der Waals surface area contributed by atoms with Crippen LogP contribution in [-0.4, -0.2) is 36.5 Å². The van der Waals surface area contributed by atoms with Gasteiger partial charge in [-0.15, -0.1) is 0 Å². The predicted molar refractivity (Wildman–Crippen MR) is 46.8 cm³/mol. The van der Waals surface area contributed by atoms with Crippen molar-refractivity contribution < 1.29 is 4.79 Å². The Labute approximate surface area is 73.1 Å². The maximum atomic E-state index is 11.4. The summed E-state index contributed by atoms with van der Waals surface area (Å²) in [5, 5.41) is 3.08. The molecule has 1 heterocycles. The fourth-order valence-electron chi connectivity index (χ4n) is 1.92. The molecule has 2 aliphatic rings. The summed E-state index contributed by atoms with van der Waals surface area (Å²) in [5.41, 5.74) is 0.382. The van der Waals surface area contributed by atoms with Crippen molar-refractivity contribution >= 4 is 5.91 Å². The average molecular weight is 168 g/mol. The molecule has 2 rings (SSSR count). The van der Waals surface area contributed by atoms with Crippen LogP contribution < -0.4 is 5.32 Å². The number of hydrogen-bond acceptors (Lipinski definition) is 2. The van der Waals surface area contributed by atoms with Gasteiger partial charge >= 0.3 is 0 Å². The highest BCUT2D eigenvalue weighted by atomic mass is 16.2. The zero-order valence-electron chi connectivity index (χ0n) is 7.76. The largest absolute Gasteiger partial charge is 0.337 e. The molecular formula is C9H16N2O. The van der Waals surface area contributed by atoms with Crippen LogP contribution >= 0.6 is 0 Å². The van der Waals surface area contributed by atoms with Gasteiger partial charge in [0.1, 0.15) is 0 Å². The Hall–Kier alpha value is -0.570. The van der Waals surface area contributed by atoms with Gasteiger partial charge in [0.25, 0.3) is 0 Å². The molecule has 68 valence electrons. The summed E-state index contributed by atoms with van der Waals surface area (Å²) in [6.07, 6.45) is 1.18. The Bertz CT molecular complexity index is 213. The molecule has 0 aromatic carbocycles. The molecule has 3 heteroatoms. The summed E-state index contributed by atoms with van der Waals surface area (Å²) in [6, 6.07) is 0.520. The molecule has 1 saturated carbocycles. The van der Waals surface area contributed by atoms with Gasteiger partial charge in [0, 0.05) is 19.1 Å². The fourth-order valence-corrected chi connectivity index (χ4v) is 1.92. The van der Waals surface area contributed by atoms with E-state index in [1.807, 2.05) is 4.90 Å². The van der Waals surface area contributed by atoms with Crippen LogP contribution in [0, 0.1) is 5.41 Å². The number of carbonyl (C=O) groups is 1. The van der Waals surface area contributed by atoms with Gasteiger partial charge in [-0.1, -0.05) is 13.8 Å². The lowest BCUT2D eigenvalue weighted by atomic mass is 10.1. The minimum atomic E-state index is 0.275. The third kappa shape index (κ3) is 1.22. The summed E-state index contributed by atoms with van der Waals surface area (Å²) in [6.45, 7) is 6.85. The van der Waals surface area contributed by atoms with Crippen LogP contribution in [0.15, 0.2) is 0 Å². The standard InChI is InChI=1S/C9H16N2O/c1-9(2)5-7(9)11-4-3-10-6-8(11)12/h7,10H,3-6H2,1-2H3. The van der Waals surface area contributed by atoms with Crippen LogP contribution in [0.3, 0.4) is 0 Å². The second kappa shape index (κ2) is 2.46. The van der Waals surface area contributed by atoms with Gasteiger partial charge in [-0.2, -0.15) is 0 Å². The molecule has 0 aromatic heterocycles. The zero-order valence-corrected chi connectivity index (χ0v) is 7.76. The Morgan fingerprint density at radius 2 is 2.25 bits per heavy atom. The average Bonchev–Trinajstić information content (AvgIpc) is 2.61. The summed E-state index contributed by atoms with van der Waals surface area (Å²) >= 11 is 0. The zero-order chi connectivity index (χ0) is 8.77. The SMILES string of the molecule is CC1(C)CC1N1CCNCC1=O. The second-order valence-electron chi connectivity index (χ2n) is 4.47. The van der Waals surface area contributed by atoms with Crippen molar-refractivity contribution in [2.75, 3.05) is 19.6 Å². The fraction of sp³-hybridized carbons (Fsp3) is 0.889. The second-order valence-corrected chi connectivity index (χ2v) is 4.47. The van der Waals surface area contributed by atoms with Gasteiger partial charge in [0.2, 0.25) is 5.91 Å². The van der Waals surface area contributed by atoms with Gasteiger partial charge in [0.05, 0.1) is 6.54 Å². The first-order valence-corrected chi connectivity index (χ1v) is 4.61. The first kappa shape index (κ1) is 8.05. The maximum absolute atomic E-state index is 11.4. The van der Waals surface area contributed by atoms with E-state index in [2.05, 4.69) is 19.2 Å². The van der Waals surface area contributed by atoms with E-state index >= 15 is 0 Å². The van der Waals surface area contributed by atoms with E-state index in [9.17, 15) is 4.79 Å². The van der Waals surface area contributed by atoms with E-state index in [0.29, 0.717) is 18.0 Å². The molecule has 1 saturated heterocycles. The van der Waals surface area contributed by atoms with E-state index in [1.165, 1.54) is 6.42 Å². The molecule has 12 heavy (non-hydrogen) atoms. The molecule has 0 spiro atoms. The summed E-state index contributed by atoms with van der Waals surface area (Å²) < 4.78 is 0. The molecule has 1 unspecified atom stereocenters. The monoisotopic (exact) mass is 168 g/mol. The van der Waals surface area contributed by atoms with Crippen molar-refractivity contribution in [1.82, 2.24) is 10.2 Å². The molecule has 0 aromatic rings. The molecule has 0 bridgehead atoms. The van der Waals surface area contributed by atoms with Crippen LogP contribution in [0.25, 0.3) is 0 Å². The molecule has 0 radical (unpaired) electrons. The molecule has 2 fully saturated rings. The minimum absolute atomic E-state index is 0.275. The topological polar surface area (TPSA) is 32.3 Å². The van der Waals surface area contributed by atoms with Crippen molar-refractivity contribution in [3.63, 3.8) is 0 Å². The Morgan fingerprint density at radius 1 is 1.58 bits per heavy atom. The predicted octanol–water partition coefficient (Wildman–Crippen LogP) is 0.217. The van der Waals surface area contributed by atoms with Crippen molar-refractivity contribution in [1.29, 1.82) is 0 Å². The van der Waals surface area contributed by atoms with Crippen molar-refractivity contribution in [2.45, 2.75) is 26.3 Å². The Kier molecular flexibility index (Phi) is 1.65. The van der Waals surface area contributed by atoms with E-state index in [-0.39, 0.29) is 5.91 Å². The number of piperazine rings is 1. The number of hydrogen-bond donors (Lipinski definition) is 1. The summed E-state index contributed by atoms with van der Waals surface area (Å²) in [7, 11) is 0. The number of rotatable bonds is 1. The smallest absolute Gasteiger partial charge is 0.236 e. The van der Waals surface area contributed by atoms with Crippen molar-refractivity contribution in [3.8, 4) is 0 Å². The minimum Gasteiger partial charge on any atom is -0.337 e. The first-order chi connectivity index (χ1) is 5.61. The quantitative estimate of drug-likeness (QED) is 0.607. The van der Waals surface area contributed by atoms with Gasteiger partial charge in [0.15, 0.2) is 0 Å². The molecular weight excluding hydrogens is 152 g/mol. The molecule has 1 aliphatic carbocycles. The molecule has 1 aliphatic heterocycles. The lowest BCUT2D eigenvalue weighted by molar-refractivity contribution is -0.133. The number of carbonyl (C=O) groups excluding carboxylic acids is 1. The highest BCUT2D eigenvalue weighted by molar-refractivity contribution is 5.79. The lowest BCUT2D eigenvalue weighted by Gasteiger charge is -2.28. The first-order valence-electron chi connectivity index (χ1n) is 4.61. The van der Waals surface area contributed by atoms with Crippen LogP contribution in [0.1, 0.15) is 20.3 Å². The third-order valence-corrected chi connectivity index (χ3v) is 2.96. The highest BCUT2D eigenvalue weighted by Crippen LogP contribution is 2.48. The number of nitrogens with zero attached hydrogens (tertiary/aromatic N) is 1. The van der Waals surface area contributed by atoms with E-state index in [1.54, 1.807) is 0 Å². The maximum Gasteiger partial charge on any atom is 0.236 e. The van der Waals surface area contributed by atoms with Crippen LogP contribution in [0.2, 0.25) is 0 Å². The van der Waals surface area contributed by atoms with Crippen molar-refractivity contribution in [3.05, 3.63) is 0 Å². The third-order valence-electron chi connectivity index (χ3n) is 2.96. The van der Waals surface area contributed by atoms with Gasteiger partial charge < -0.3 is 10.2 Å². The Balaban J connectivity index is 1.99. The van der Waals surface area contributed by atoms with Gasteiger partial charge in [-0.05, 0) is 11.8 Å². The Morgan fingerprint density at radius 3 is 2.75 bits per heavy atom.